The van der Waals surface area contributed by atoms with Crippen molar-refractivity contribution in [3.8, 4) is 0 Å². The van der Waals surface area contributed by atoms with E-state index >= 15 is 0 Å². The number of carbonyl (C=O) groups is 1. The molecule has 1 unspecified atom stereocenters. The summed E-state index contributed by atoms with van der Waals surface area (Å²) in [4.78, 5) is 13.0. The Bertz CT molecular complexity index is 752. The van der Waals surface area contributed by atoms with Crippen LogP contribution >= 0.6 is 0 Å². The van der Waals surface area contributed by atoms with Crippen LogP contribution in [0.1, 0.15) is 66.0 Å². The fraction of sp³-hybridized carbons (Fsp3) is 0.789. The molecule has 1 aromatic rings. The molecule has 176 valence electrons. The van der Waals surface area contributed by atoms with Crippen molar-refractivity contribution >= 4 is 18.5 Å². The van der Waals surface area contributed by atoms with Gasteiger partial charge in [-0.15, -0.1) is 0 Å². The monoisotopic (exact) mass is 448 g/mol. The van der Waals surface area contributed by atoms with Crippen molar-refractivity contribution in [3.63, 3.8) is 0 Å². The minimum absolute atomic E-state index is 0.0112. The molecular formula is C19H32BF3N4O4. The SMILES string of the molecule is CC(C)(C)NC(=O)OC(C)(C)Cn1nc(C(F)(F)F)cc1B1C(O)CCCCCN1O. The summed E-state index contributed by atoms with van der Waals surface area (Å²) in [5.74, 6) is 0. The van der Waals surface area contributed by atoms with E-state index < -0.39 is 42.0 Å². The minimum Gasteiger partial charge on any atom is -0.442 e. The molecule has 0 saturated carbocycles. The Morgan fingerprint density at radius 2 is 1.90 bits per heavy atom. The zero-order valence-corrected chi connectivity index (χ0v) is 18.7. The van der Waals surface area contributed by atoms with Gasteiger partial charge in [-0.25, -0.2) is 9.77 Å². The van der Waals surface area contributed by atoms with E-state index in [-0.39, 0.29) is 18.7 Å². The average Bonchev–Trinajstić information content (AvgIpc) is 2.93. The van der Waals surface area contributed by atoms with E-state index in [9.17, 15) is 28.3 Å². The van der Waals surface area contributed by atoms with Crippen LogP contribution in [0.15, 0.2) is 6.07 Å². The first kappa shape index (κ1) is 25.5. The average molecular weight is 448 g/mol. The van der Waals surface area contributed by atoms with Gasteiger partial charge in [0.25, 0.3) is 0 Å². The number of hydrogen-bond acceptors (Lipinski definition) is 6. The molecule has 2 rings (SSSR count). The van der Waals surface area contributed by atoms with Crippen LogP contribution in [0.4, 0.5) is 18.0 Å². The summed E-state index contributed by atoms with van der Waals surface area (Å²) in [6, 6.07) is -0.237. The number of aliphatic hydroxyl groups excluding tert-OH is 1. The van der Waals surface area contributed by atoms with Gasteiger partial charge in [0.2, 0.25) is 0 Å². The number of alkyl carbamates (subject to hydrolysis) is 1. The Kier molecular flexibility index (Phi) is 7.70. The first-order valence-corrected chi connectivity index (χ1v) is 10.4. The third-order valence-electron chi connectivity index (χ3n) is 4.85. The molecule has 0 aliphatic carbocycles. The standard InChI is InChI=1S/C19H32BF3N4O4/c1-17(2,3)24-16(29)31-18(4,5)12-26-14(11-13(25-26)19(21,22)23)20-15(28)9-7-6-8-10-27(20)30/h11,15,28,30H,6-10,12H2,1-5H3,(H,24,29). The van der Waals surface area contributed by atoms with Crippen LogP contribution < -0.4 is 10.9 Å². The second-order valence-electron chi connectivity index (χ2n) is 9.66. The normalized spacial score (nSPS) is 19.7. The van der Waals surface area contributed by atoms with Gasteiger partial charge < -0.3 is 20.4 Å². The summed E-state index contributed by atoms with van der Waals surface area (Å²) >= 11 is 0. The van der Waals surface area contributed by atoms with Gasteiger partial charge in [0.15, 0.2) is 5.69 Å². The second-order valence-corrected chi connectivity index (χ2v) is 9.66. The predicted molar refractivity (Wildman–Crippen MR) is 109 cm³/mol. The van der Waals surface area contributed by atoms with Crippen molar-refractivity contribution in [1.82, 2.24) is 20.1 Å². The summed E-state index contributed by atoms with van der Waals surface area (Å²) in [7, 11) is 0. The minimum atomic E-state index is -4.71. The largest absolute Gasteiger partial charge is 0.442 e. The number of nitrogens with one attached hydrogen (secondary N) is 1. The molecule has 1 saturated heterocycles. The maximum absolute atomic E-state index is 13.4. The molecule has 1 aliphatic rings. The number of ether oxygens (including phenoxy) is 1. The zero-order chi connectivity index (χ0) is 23.6. The number of hydrogen-bond donors (Lipinski definition) is 3. The van der Waals surface area contributed by atoms with Gasteiger partial charge in [0, 0.05) is 17.7 Å². The Hall–Kier alpha value is -1.79. The number of nitrogens with zero attached hydrogens (tertiary/aromatic N) is 3. The number of carbonyl (C=O) groups excluding carboxylic acids is 1. The smallest absolute Gasteiger partial charge is 0.435 e. The van der Waals surface area contributed by atoms with Gasteiger partial charge in [0.1, 0.15) is 5.60 Å². The van der Waals surface area contributed by atoms with Gasteiger partial charge in [-0.2, -0.15) is 18.3 Å². The van der Waals surface area contributed by atoms with Crippen LogP contribution in [-0.4, -0.2) is 61.7 Å². The molecule has 1 fully saturated rings. The maximum atomic E-state index is 13.4. The number of amides is 1. The quantitative estimate of drug-likeness (QED) is 0.613. The molecule has 0 aromatic carbocycles. The summed E-state index contributed by atoms with van der Waals surface area (Å²) in [5.41, 5.74) is -2.89. The van der Waals surface area contributed by atoms with Gasteiger partial charge in [0.05, 0.1) is 12.5 Å². The van der Waals surface area contributed by atoms with Crippen LogP contribution in [0.3, 0.4) is 0 Å². The van der Waals surface area contributed by atoms with Crippen LogP contribution in [0.2, 0.25) is 0 Å². The Labute approximate surface area is 180 Å². The topological polar surface area (TPSA) is 99.8 Å². The lowest BCUT2D eigenvalue weighted by Crippen LogP contribution is -2.58. The lowest BCUT2D eigenvalue weighted by Gasteiger charge is -2.32. The molecular weight excluding hydrogens is 416 g/mol. The third kappa shape index (κ3) is 7.39. The molecule has 1 aromatic heterocycles. The molecule has 0 spiro atoms. The van der Waals surface area contributed by atoms with Crippen LogP contribution in [0, 0.1) is 0 Å². The van der Waals surface area contributed by atoms with E-state index in [0.717, 1.165) is 22.1 Å². The van der Waals surface area contributed by atoms with Crippen molar-refractivity contribution in [3.05, 3.63) is 11.8 Å². The molecule has 0 radical (unpaired) electrons. The highest BCUT2D eigenvalue weighted by atomic mass is 19.4. The molecule has 2 heterocycles. The van der Waals surface area contributed by atoms with E-state index in [4.69, 9.17) is 4.74 Å². The van der Waals surface area contributed by atoms with Crippen molar-refractivity contribution < 1.29 is 33.0 Å². The fourth-order valence-corrected chi connectivity index (χ4v) is 3.56. The van der Waals surface area contributed by atoms with Crippen molar-refractivity contribution in [1.29, 1.82) is 0 Å². The highest BCUT2D eigenvalue weighted by Crippen LogP contribution is 2.28. The summed E-state index contributed by atoms with van der Waals surface area (Å²) in [6.07, 6.45) is -2.92. The van der Waals surface area contributed by atoms with Crippen molar-refractivity contribution in [2.75, 3.05) is 6.54 Å². The summed E-state index contributed by atoms with van der Waals surface area (Å²) in [5, 5.41) is 27.4. The Morgan fingerprint density at radius 1 is 1.26 bits per heavy atom. The lowest BCUT2D eigenvalue weighted by molar-refractivity contribution is -0.141. The van der Waals surface area contributed by atoms with Gasteiger partial charge in [-0.1, -0.05) is 12.8 Å². The molecule has 31 heavy (non-hydrogen) atoms. The Morgan fingerprint density at radius 3 is 2.48 bits per heavy atom. The number of aliphatic hydroxyl groups is 1. The third-order valence-corrected chi connectivity index (χ3v) is 4.85. The molecule has 1 amide bonds. The highest BCUT2D eigenvalue weighted by Gasteiger charge is 2.42. The zero-order valence-electron chi connectivity index (χ0n) is 18.7. The number of hydroxylamine groups is 1. The number of aromatic nitrogens is 2. The second kappa shape index (κ2) is 9.37. The fourth-order valence-electron chi connectivity index (χ4n) is 3.56. The molecule has 0 bridgehead atoms. The van der Waals surface area contributed by atoms with Crippen LogP contribution in [0.5, 0.6) is 0 Å². The van der Waals surface area contributed by atoms with Gasteiger partial charge in [-0.3, -0.25) is 4.68 Å². The van der Waals surface area contributed by atoms with E-state index in [0.29, 0.717) is 19.3 Å². The molecule has 3 N–H and O–H groups in total. The first-order valence-electron chi connectivity index (χ1n) is 10.4. The van der Waals surface area contributed by atoms with Crippen LogP contribution in [0.25, 0.3) is 0 Å². The molecule has 8 nitrogen and oxygen atoms in total. The van der Waals surface area contributed by atoms with E-state index in [2.05, 4.69) is 10.4 Å². The van der Waals surface area contributed by atoms with Gasteiger partial charge in [-0.05, 0) is 53.5 Å². The van der Waals surface area contributed by atoms with Gasteiger partial charge >= 0.3 is 19.1 Å². The number of alkyl halides is 3. The van der Waals surface area contributed by atoms with E-state index in [1.807, 2.05) is 0 Å². The summed E-state index contributed by atoms with van der Waals surface area (Å²) in [6.45, 7) is 7.35. The molecule has 1 aliphatic heterocycles. The predicted octanol–water partition coefficient (Wildman–Crippen LogP) is 2.57. The number of halogens is 3. The number of rotatable bonds is 4. The lowest BCUT2D eigenvalue weighted by atomic mass is 9.51. The summed E-state index contributed by atoms with van der Waals surface area (Å²) < 4.78 is 46.7. The maximum Gasteiger partial charge on any atom is 0.435 e. The van der Waals surface area contributed by atoms with E-state index in [1.165, 1.54) is 0 Å². The first-order chi connectivity index (χ1) is 14.1. The highest BCUT2D eigenvalue weighted by molar-refractivity contribution is 6.70. The molecule has 1 atom stereocenters. The van der Waals surface area contributed by atoms with Crippen LogP contribution in [-0.2, 0) is 17.5 Å². The molecule has 12 heteroatoms. The Balaban J connectivity index is 2.37. The van der Waals surface area contributed by atoms with Crippen molar-refractivity contribution in [2.45, 2.75) is 90.2 Å². The van der Waals surface area contributed by atoms with Crippen molar-refractivity contribution in [2.24, 2.45) is 0 Å². The van der Waals surface area contributed by atoms with E-state index in [1.54, 1.807) is 34.6 Å².